The summed E-state index contributed by atoms with van der Waals surface area (Å²) in [6.45, 7) is -3.29. The number of ether oxygens (including phenoxy) is 1. The molecular weight excluding hydrogens is 266 g/mol. The minimum atomic E-state index is -3.29. The second-order valence-corrected chi connectivity index (χ2v) is 3.31. The fourth-order valence-electron chi connectivity index (χ4n) is 1.38. The van der Waals surface area contributed by atoms with Crippen molar-refractivity contribution in [1.29, 1.82) is 5.26 Å². The van der Waals surface area contributed by atoms with E-state index in [2.05, 4.69) is 4.74 Å². The highest BCUT2D eigenvalue weighted by Crippen LogP contribution is 2.31. The van der Waals surface area contributed by atoms with E-state index in [1.54, 1.807) is 0 Å². The molecule has 1 aromatic carbocycles. The number of halogens is 2. The molecule has 9 heteroatoms. The highest BCUT2D eigenvalue weighted by Gasteiger charge is 2.23. The molecule has 0 radical (unpaired) electrons. The largest absolute Gasteiger partial charge is 0.481 e. The van der Waals surface area contributed by atoms with Gasteiger partial charge >= 0.3 is 12.6 Å². The van der Waals surface area contributed by atoms with Crippen LogP contribution in [0.5, 0.6) is 5.75 Å². The maximum atomic E-state index is 12.1. The molecule has 0 atom stereocenters. The molecule has 0 saturated carbocycles. The zero-order chi connectivity index (χ0) is 14.6. The van der Waals surface area contributed by atoms with Crippen LogP contribution in [0, 0.1) is 21.4 Å². The van der Waals surface area contributed by atoms with E-state index in [-0.39, 0.29) is 5.56 Å². The summed E-state index contributed by atoms with van der Waals surface area (Å²) in [7, 11) is 0. The lowest BCUT2D eigenvalue weighted by atomic mass is 10.1. The smallest absolute Gasteiger partial charge is 0.387 e. The lowest BCUT2D eigenvalue weighted by molar-refractivity contribution is -0.385. The van der Waals surface area contributed by atoms with Crippen molar-refractivity contribution in [2.45, 2.75) is 13.0 Å². The Morgan fingerprint density at radius 1 is 1.58 bits per heavy atom. The first-order valence-corrected chi connectivity index (χ1v) is 4.73. The topological polar surface area (TPSA) is 113 Å². The van der Waals surface area contributed by atoms with E-state index in [0.29, 0.717) is 0 Å². The highest BCUT2D eigenvalue weighted by molar-refractivity contribution is 5.72. The predicted octanol–water partition coefficient (Wildman–Crippen LogP) is 1.69. The maximum Gasteiger partial charge on any atom is 0.387 e. The number of hydrogen-bond acceptors (Lipinski definition) is 5. The first kappa shape index (κ1) is 14.3. The van der Waals surface area contributed by atoms with Crippen LogP contribution in [-0.4, -0.2) is 22.6 Å². The maximum absolute atomic E-state index is 12.1. The Morgan fingerprint density at radius 3 is 2.63 bits per heavy atom. The monoisotopic (exact) mass is 272 g/mol. The summed E-state index contributed by atoms with van der Waals surface area (Å²) in [5.41, 5.74) is -1.58. The van der Waals surface area contributed by atoms with Crippen LogP contribution in [-0.2, 0) is 11.2 Å². The fraction of sp³-hybridized carbons (Fsp3) is 0.200. The van der Waals surface area contributed by atoms with Crippen LogP contribution in [0.25, 0.3) is 0 Å². The van der Waals surface area contributed by atoms with Gasteiger partial charge in [-0.15, -0.1) is 0 Å². The molecule has 1 aromatic rings. The van der Waals surface area contributed by atoms with Crippen molar-refractivity contribution < 1.29 is 28.3 Å². The Balaban J connectivity index is 3.41. The first-order chi connectivity index (χ1) is 8.85. The molecule has 0 fully saturated rings. The second-order valence-electron chi connectivity index (χ2n) is 3.31. The van der Waals surface area contributed by atoms with Crippen molar-refractivity contribution in [3.63, 3.8) is 0 Å². The number of nitro groups is 1. The number of carboxylic acids is 1. The molecule has 0 aromatic heterocycles. The molecule has 0 unspecified atom stereocenters. The number of aliphatic carboxylic acids is 1. The van der Waals surface area contributed by atoms with E-state index < -0.39 is 40.9 Å². The van der Waals surface area contributed by atoms with Crippen LogP contribution < -0.4 is 4.74 Å². The summed E-state index contributed by atoms with van der Waals surface area (Å²) >= 11 is 0. The first-order valence-electron chi connectivity index (χ1n) is 4.73. The molecule has 0 spiro atoms. The average Bonchev–Trinajstić information content (AvgIpc) is 2.26. The van der Waals surface area contributed by atoms with E-state index in [9.17, 15) is 23.7 Å². The van der Waals surface area contributed by atoms with Gasteiger partial charge in [0.15, 0.2) is 11.3 Å². The predicted molar refractivity (Wildman–Crippen MR) is 55.8 cm³/mol. The van der Waals surface area contributed by atoms with Crippen molar-refractivity contribution in [3.8, 4) is 11.8 Å². The summed E-state index contributed by atoms with van der Waals surface area (Å²) in [4.78, 5) is 20.3. The lowest BCUT2D eigenvalue weighted by Gasteiger charge is -2.08. The van der Waals surface area contributed by atoms with Gasteiger partial charge in [0.2, 0.25) is 0 Å². The average molecular weight is 272 g/mol. The van der Waals surface area contributed by atoms with E-state index in [0.717, 1.165) is 12.1 Å². The van der Waals surface area contributed by atoms with Gasteiger partial charge in [0.25, 0.3) is 5.69 Å². The summed E-state index contributed by atoms with van der Waals surface area (Å²) in [6.07, 6.45) is -0.619. The molecular formula is C10H6F2N2O5. The van der Waals surface area contributed by atoms with Crippen molar-refractivity contribution >= 4 is 11.7 Å². The highest BCUT2D eigenvalue weighted by atomic mass is 19.3. The van der Waals surface area contributed by atoms with Gasteiger partial charge in [0.1, 0.15) is 6.07 Å². The molecule has 100 valence electrons. The van der Waals surface area contributed by atoms with Gasteiger partial charge in [0.05, 0.1) is 11.3 Å². The third-order valence-corrected chi connectivity index (χ3v) is 2.02. The van der Waals surface area contributed by atoms with Gasteiger partial charge in [-0.1, -0.05) is 0 Å². The molecule has 0 bridgehead atoms. The molecule has 0 aliphatic rings. The number of nitriles is 1. The standard InChI is InChI=1S/C10H6F2N2O5/c11-10(12)19-8-2-5(3-9(15)16)1-7(14(17)18)6(8)4-13/h1-2,10H,3H2,(H,15,16). The minimum Gasteiger partial charge on any atom is -0.481 e. The van der Waals surface area contributed by atoms with Crippen molar-refractivity contribution in [2.75, 3.05) is 0 Å². The van der Waals surface area contributed by atoms with Crippen LogP contribution in [0.2, 0.25) is 0 Å². The Hall–Kier alpha value is -2.76. The molecule has 0 heterocycles. The van der Waals surface area contributed by atoms with Crippen LogP contribution in [0.15, 0.2) is 12.1 Å². The third kappa shape index (κ3) is 3.60. The molecule has 0 amide bonds. The zero-order valence-electron chi connectivity index (χ0n) is 9.17. The molecule has 0 aliphatic carbocycles. The van der Waals surface area contributed by atoms with Crippen LogP contribution in [0.1, 0.15) is 11.1 Å². The summed E-state index contributed by atoms with van der Waals surface area (Å²) in [6, 6.07) is 3.09. The van der Waals surface area contributed by atoms with Crippen molar-refractivity contribution in [1.82, 2.24) is 0 Å². The van der Waals surface area contributed by atoms with E-state index in [1.807, 2.05) is 0 Å². The minimum absolute atomic E-state index is 0.117. The number of carboxylic acid groups (broad SMARTS) is 1. The van der Waals surface area contributed by atoms with Crippen LogP contribution in [0.4, 0.5) is 14.5 Å². The van der Waals surface area contributed by atoms with Gasteiger partial charge in [-0.25, -0.2) is 0 Å². The molecule has 0 aliphatic heterocycles. The van der Waals surface area contributed by atoms with Crippen LogP contribution in [0.3, 0.4) is 0 Å². The van der Waals surface area contributed by atoms with E-state index in [1.165, 1.54) is 6.07 Å². The molecule has 0 saturated heterocycles. The molecule has 1 rings (SSSR count). The van der Waals surface area contributed by atoms with Crippen LogP contribution >= 0.6 is 0 Å². The number of rotatable bonds is 5. The number of nitro benzene ring substituents is 1. The van der Waals surface area contributed by atoms with Gasteiger partial charge in [-0.05, 0) is 11.6 Å². The zero-order valence-corrected chi connectivity index (χ0v) is 9.17. The van der Waals surface area contributed by atoms with Gasteiger partial charge in [-0.3, -0.25) is 14.9 Å². The van der Waals surface area contributed by atoms with Gasteiger partial charge in [0, 0.05) is 6.07 Å². The van der Waals surface area contributed by atoms with E-state index in [4.69, 9.17) is 10.4 Å². The molecule has 7 nitrogen and oxygen atoms in total. The normalized spacial score (nSPS) is 10.0. The molecule has 19 heavy (non-hydrogen) atoms. The quantitative estimate of drug-likeness (QED) is 0.644. The number of nitrogens with zero attached hydrogens (tertiary/aromatic N) is 2. The summed E-state index contributed by atoms with van der Waals surface area (Å²) in [5.74, 6) is -2.02. The Bertz CT molecular complexity index is 568. The SMILES string of the molecule is N#Cc1c(OC(F)F)cc(CC(=O)O)cc1[N+](=O)[O-]. The Kier molecular flexibility index (Phi) is 4.31. The molecule has 1 N–H and O–H groups in total. The third-order valence-electron chi connectivity index (χ3n) is 2.02. The number of alkyl halides is 2. The van der Waals surface area contributed by atoms with Gasteiger partial charge in [-0.2, -0.15) is 14.0 Å². The van der Waals surface area contributed by atoms with E-state index >= 15 is 0 Å². The summed E-state index contributed by atoms with van der Waals surface area (Å²) in [5, 5.41) is 28.0. The second kappa shape index (κ2) is 5.72. The Morgan fingerprint density at radius 2 is 2.21 bits per heavy atom. The van der Waals surface area contributed by atoms with Crippen molar-refractivity contribution in [2.24, 2.45) is 0 Å². The lowest BCUT2D eigenvalue weighted by Crippen LogP contribution is -2.07. The van der Waals surface area contributed by atoms with Crippen molar-refractivity contribution in [3.05, 3.63) is 33.4 Å². The number of hydrogen-bond donors (Lipinski definition) is 1. The fourth-order valence-corrected chi connectivity index (χ4v) is 1.38. The summed E-state index contributed by atoms with van der Waals surface area (Å²) < 4.78 is 28.3. The Labute approximate surface area is 104 Å². The number of benzene rings is 1. The number of carbonyl (C=O) groups is 1. The van der Waals surface area contributed by atoms with Gasteiger partial charge < -0.3 is 9.84 Å².